The maximum absolute atomic E-state index is 13.9. The van der Waals surface area contributed by atoms with Gasteiger partial charge < -0.3 is 19.9 Å². The van der Waals surface area contributed by atoms with E-state index in [-0.39, 0.29) is 23.1 Å². The molecule has 0 fully saturated rings. The van der Waals surface area contributed by atoms with Crippen LogP contribution < -0.4 is 20.8 Å². The highest BCUT2D eigenvalue weighted by Gasteiger charge is 2.19. The quantitative estimate of drug-likeness (QED) is 0.303. The van der Waals surface area contributed by atoms with E-state index < -0.39 is 0 Å². The molecule has 0 spiro atoms. The first kappa shape index (κ1) is 25.8. The third-order valence-electron chi connectivity index (χ3n) is 5.73. The molecule has 0 aliphatic carbocycles. The zero-order valence-corrected chi connectivity index (χ0v) is 21.7. The van der Waals surface area contributed by atoms with Crippen molar-refractivity contribution in [3.8, 4) is 17.2 Å². The van der Waals surface area contributed by atoms with Gasteiger partial charge in [-0.1, -0.05) is 6.58 Å². The minimum Gasteiger partial charge on any atom is -0.455 e. The van der Waals surface area contributed by atoms with E-state index in [1.165, 1.54) is 23.5 Å². The Bertz CT molecular complexity index is 1600. The minimum atomic E-state index is -0.388. The number of nitrogens with zero attached hydrogens (tertiary/aromatic N) is 1. The molecule has 0 aliphatic rings. The van der Waals surface area contributed by atoms with Crippen molar-refractivity contribution in [1.82, 2.24) is 9.88 Å². The maximum Gasteiger partial charge on any atom is 0.261 e. The number of ether oxygens (including phenoxy) is 1. The number of halogens is 1. The predicted octanol–water partition coefficient (Wildman–Crippen LogP) is 5.78. The molecular weight excluding hydrogens is 493 g/mol. The average molecular weight is 520 g/mol. The molecule has 2 N–H and O–H groups in total. The Kier molecular flexibility index (Phi) is 7.26. The van der Waals surface area contributed by atoms with Gasteiger partial charge in [0.2, 0.25) is 5.91 Å². The standard InChI is InChI=1S/C28H26FN3O4S/c1-6-24(33)31-19-8-9-22(36-26-15(3)10-18(29)11-16(26)4)21(12-19)32-14-17(5)25(34)20-13-23(37-28(20)32)27(35)30-7-2/h6,8-14H,1,7H2,2-5H3,(H,30,35)(H,31,33). The van der Waals surface area contributed by atoms with Gasteiger partial charge in [0.1, 0.15) is 16.4 Å². The molecule has 2 heterocycles. The molecule has 0 aliphatic heterocycles. The first-order valence-electron chi connectivity index (χ1n) is 11.6. The molecule has 2 aromatic carbocycles. The molecule has 0 saturated carbocycles. The Morgan fingerprint density at radius 3 is 2.46 bits per heavy atom. The molecule has 190 valence electrons. The molecule has 37 heavy (non-hydrogen) atoms. The van der Waals surface area contributed by atoms with E-state index in [0.29, 0.717) is 61.2 Å². The molecule has 0 atom stereocenters. The number of anilines is 1. The van der Waals surface area contributed by atoms with Gasteiger partial charge in [0.25, 0.3) is 5.91 Å². The number of hydrogen-bond acceptors (Lipinski definition) is 5. The number of fused-ring (bicyclic) bond motifs is 1. The number of benzene rings is 2. The van der Waals surface area contributed by atoms with Crippen molar-refractivity contribution in [3.05, 3.63) is 92.9 Å². The Hall–Kier alpha value is -4.24. The number of nitrogens with one attached hydrogen (secondary N) is 2. The SMILES string of the molecule is C=CC(=O)Nc1ccc(Oc2c(C)cc(F)cc2C)c(-n2cc(C)c(=O)c3cc(C(=O)NCC)sc32)c1. The van der Waals surface area contributed by atoms with Gasteiger partial charge in [0.15, 0.2) is 11.2 Å². The summed E-state index contributed by atoms with van der Waals surface area (Å²) in [6.45, 7) is 11.0. The lowest BCUT2D eigenvalue weighted by Gasteiger charge is -2.19. The van der Waals surface area contributed by atoms with Crippen molar-refractivity contribution < 1.29 is 18.7 Å². The lowest BCUT2D eigenvalue weighted by molar-refractivity contribution is -0.111. The summed E-state index contributed by atoms with van der Waals surface area (Å²) in [6.07, 6.45) is 2.84. The summed E-state index contributed by atoms with van der Waals surface area (Å²) in [5.74, 6) is -0.117. The molecule has 0 unspecified atom stereocenters. The lowest BCUT2D eigenvalue weighted by atomic mass is 10.1. The summed E-state index contributed by atoms with van der Waals surface area (Å²) in [5.41, 5.74) is 2.51. The summed E-state index contributed by atoms with van der Waals surface area (Å²) < 4.78 is 22.0. The number of carbonyl (C=O) groups excluding carboxylic acids is 2. The number of pyridine rings is 1. The second-order valence-electron chi connectivity index (χ2n) is 8.55. The van der Waals surface area contributed by atoms with Crippen molar-refractivity contribution in [2.45, 2.75) is 27.7 Å². The van der Waals surface area contributed by atoms with Crippen LogP contribution in [0.4, 0.5) is 10.1 Å². The summed E-state index contributed by atoms with van der Waals surface area (Å²) in [5, 5.41) is 5.90. The molecular formula is C28H26FN3O4S. The summed E-state index contributed by atoms with van der Waals surface area (Å²) >= 11 is 1.18. The molecule has 2 aromatic heterocycles. The topological polar surface area (TPSA) is 89.4 Å². The van der Waals surface area contributed by atoms with Gasteiger partial charge in [-0.25, -0.2) is 4.39 Å². The number of thiophene rings is 1. The van der Waals surface area contributed by atoms with Crippen molar-refractivity contribution in [3.63, 3.8) is 0 Å². The normalized spacial score (nSPS) is 10.8. The third-order valence-corrected chi connectivity index (χ3v) is 6.86. The average Bonchev–Trinajstić information content (AvgIpc) is 3.30. The van der Waals surface area contributed by atoms with E-state index in [1.54, 1.807) is 55.8 Å². The fourth-order valence-corrected chi connectivity index (χ4v) is 5.08. The zero-order valence-electron chi connectivity index (χ0n) is 20.9. The van der Waals surface area contributed by atoms with E-state index in [4.69, 9.17) is 4.74 Å². The molecule has 4 rings (SSSR count). The summed E-state index contributed by atoms with van der Waals surface area (Å²) in [6, 6.07) is 9.44. The molecule has 4 aromatic rings. The molecule has 0 saturated heterocycles. The fourth-order valence-electron chi connectivity index (χ4n) is 4.02. The van der Waals surface area contributed by atoms with Crippen LogP contribution in [-0.4, -0.2) is 22.9 Å². The van der Waals surface area contributed by atoms with E-state index in [2.05, 4.69) is 17.2 Å². The second-order valence-corrected chi connectivity index (χ2v) is 9.58. The van der Waals surface area contributed by atoms with Crippen molar-refractivity contribution in [2.75, 3.05) is 11.9 Å². The van der Waals surface area contributed by atoms with Gasteiger partial charge >= 0.3 is 0 Å². The first-order chi connectivity index (χ1) is 17.6. The van der Waals surface area contributed by atoms with Gasteiger partial charge in [-0.15, -0.1) is 11.3 Å². The predicted molar refractivity (Wildman–Crippen MR) is 145 cm³/mol. The van der Waals surface area contributed by atoms with Crippen LogP contribution in [-0.2, 0) is 4.79 Å². The molecule has 0 radical (unpaired) electrons. The Morgan fingerprint density at radius 1 is 1.11 bits per heavy atom. The number of hydrogen-bond donors (Lipinski definition) is 2. The van der Waals surface area contributed by atoms with E-state index >= 15 is 0 Å². The van der Waals surface area contributed by atoms with Crippen LogP contribution >= 0.6 is 11.3 Å². The molecule has 0 bridgehead atoms. The van der Waals surface area contributed by atoms with Crippen LogP contribution in [0.15, 0.2) is 60.0 Å². The number of rotatable bonds is 7. The van der Waals surface area contributed by atoms with Crippen LogP contribution in [0.25, 0.3) is 15.9 Å². The smallest absolute Gasteiger partial charge is 0.261 e. The highest BCUT2D eigenvalue weighted by atomic mass is 32.1. The summed E-state index contributed by atoms with van der Waals surface area (Å²) in [4.78, 5) is 38.5. The highest BCUT2D eigenvalue weighted by Crippen LogP contribution is 2.37. The Labute approximate surface area is 217 Å². The van der Waals surface area contributed by atoms with Crippen molar-refractivity contribution in [2.24, 2.45) is 0 Å². The fraction of sp³-hybridized carbons (Fsp3) is 0.179. The van der Waals surface area contributed by atoms with Gasteiger partial charge in [0, 0.05) is 24.0 Å². The van der Waals surface area contributed by atoms with Crippen LogP contribution in [0.3, 0.4) is 0 Å². The zero-order chi connectivity index (χ0) is 26.9. The first-order valence-corrected chi connectivity index (χ1v) is 12.4. The molecule has 2 amide bonds. The molecule has 7 nitrogen and oxygen atoms in total. The van der Waals surface area contributed by atoms with Crippen LogP contribution in [0.1, 0.15) is 33.3 Å². The van der Waals surface area contributed by atoms with Crippen LogP contribution in [0.2, 0.25) is 0 Å². The van der Waals surface area contributed by atoms with Crippen molar-refractivity contribution >= 4 is 39.1 Å². The number of amides is 2. The summed E-state index contributed by atoms with van der Waals surface area (Å²) in [7, 11) is 0. The van der Waals surface area contributed by atoms with Gasteiger partial charge in [-0.2, -0.15) is 0 Å². The maximum atomic E-state index is 13.9. The monoisotopic (exact) mass is 519 g/mol. The lowest BCUT2D eigenvalue weighted by Crippen LogP contribution is -2.21. The van der Waals surface area contributed by atoms with Crippen molar-refractivity contribution in [1.29, 1.82) is 0 Å². The van der Waals surface area contributed by atoms with Crippen LogP contribution in [0, 0.1) is 26.6 Å². The largest absolute Gasteiger partial charge is 0.455 e. The third kappa shape index (κ3) is 5.17. The Balaban J connectivity index is 1.97. The number of aryl methyl sites for hydroxylation is 3. The number of aromatic nitrogens is 1. The number of carbonyl (C=O) groups is 2. The van der Waals surface area contributed by atoms with Crippen LogP contribution in [0.5, 0.6) is 11.5 Å². The van der Waals surface area contributed by atoms with E-state index in [9.17, 15) is 18.8 Å². The van der Waals surface area contributed by atoms with Gasteiger partial charge in [0.05, 0.1) is 16.0 Å². The van der Waals surface area contributed by atoms with Gasteiger partial charge in [-0.3, -0.25) is 14.4 Å². The Morgan fingerprint density at radius 2 is 1.81 bits per heavy atom. The van der Waals surface area contributed by atoms with Gasteiger partial charge in [-0.05, 0) is 81.3 Å². The molecule has 9 heteroatoms. The van der Waals surface area contributed by atoms with E-state index in [0.717, 1.165) is 6.08 Å². The van der Waals surface area contributed by atoms with E-state index in [1.807, 2.05) is 6.92 Å². The highest BCUT2D eigenvalue weighted by molar-refractivity contribution is 7.20. The second kappa shape index (κ2) is 10.4. The minimum absolute atomic E-state index is 0.179.